The van der Waals surface area contributed by atoms with Crippen LogP contribution in [0.25, 0.3) is 0 Å². The maximum atomic E-state index is 11.4. The van der Waals surface area contributed by atoms with Gasteiger partial charge in [-0.3, -0.25) is 4.79 Å². The quantitative estimate of drug-likeness (QED) is 0.669. The summed E-state index contributed by atoms with van der Waals surface area (Å²) in [6.45, 7) is 2.78. The number of unbranched alkanes of at least 4 members (excludes halogenated alkanes) is 1. The van der Waals surface area contributed by atoms with Crippen LogP contribution in [0.4, 0.5) is 0 Å². The lowest BCUT2D eigenvalue weighted by atomic mass is 10.1. The normalized spacial score (nSPS) is 36.4. The summed E-state index contributed by atoms with van der Waals surface area (Å²) >= 11 is 1.86. The van der Waals surface area contributed by atoms with Crippen LogP contribution in [0.3, 0.4) is 0 Å². The highest BCUT2D eigenvalue weighted by molar-refractivity contribution is 7.99. The van der Waals surface area contributed by atoms with Gasteiger partial charge in [-0.1, -0.05) is 13.3 Å². The third kappa shape index (κ3) is 2.12. The van der Waals surface area contributed by atoms with Gasteiger partial charge in [0.2, 0.25) is 6.29 Å². The molecule has 2 heterocycles. The SMILES string of the molecule is CCCCS[C@H]1CC(=O)[C@@H]2OC[C@H]1O2. The predicted molar refractivity (Wildman–Crippen MR) is 55.4 cm³/mol. The second-order valence-corrected chi connectivity index (χ2v) is 5.12. The third-order valence-electron chi connectivity index (χ3n) is 2.62. The molecule has 0 aromatic carbocycles. The topological polar surface area (TPSA) is 35.5 Å². The molecule has 2 bridgehead atoms. The molecule has 0 aliphatic carbocycles. The zero-order valence-corrected chi connectivity index (χ0v) is 9.22. The van der Waals surface area contributed by atoms with Crippen LogP contribution >= 0.6 is 11.8 Å². The first-order valence-corrected chi connectivity index (χ1v) is 6.27. The molecule has 14 heavy (non-hydrogen) atoms. The fourth-order valence-electron chi connectivity index (χ4n) is 1.75. The van der Waals surface area contributed by atoms with Gasteiger partial charge in [-0.05, 0) is 12.2 Å². The van der Waals surface area contributed by atoms with Crippen molar-refractivity contribution in [3.05, 3.63) is 0 Å². The number of carbonyl (C=O) groups excluding carboxylic acids is 1. The van der Waals surface area contributed by atoms with Gasteiger partial charge in [0.15, 0.2) is 5.78 Å². The number of thioether (sulfide) groups is 1. The molecule has 3 nitrogen and oxygen atoms in total. The molecule has 2 rings (SSSR count). The summed E-state index contributed by atoms with van der Waals surface area (Å²) in [6, 6.07) is 0. The molecule has 0 radical (unpaired) electrons. The van der Waals surface area contributed by atoms with E-state index in [1.807, 2.05) is 11.8 Å². The average molecular weight is 216 g/mol. The smallest absolute Gasteiger partial charge is 0.218 e. The maximum absolute atomic E-state index is 11.4. The second-order valence-electron chi connectivity index (χ2n) is 3.77. The summed E-state index contributed by atoms with van der Waals surface area (Å²) in [5.74, 6) is 1.24. The highest BCUT2D eigenvalue weighted by atomic mass is 32.2. The molecule has 0 aromatic heterocycles. The molecule has 0 saturated carbocycles. The van der Waals surface area contributed by atoms with Crippen LogP contribution in [0.1, 0.15) is 26.2 Å². The first kappa shape index (κ1) is 10.5. The standard InChI is InChI=1S/C10H16O3S/c1-2-3-4-14-9-5-7(11)10-12-6-8(9)13-10/h8-10H,2-6H2,1H3/t8-,9+,10-/m1/s1. The fourth-order valence-corrected chi connectivity index (χ4v) is 3.15. The average Bonchev–Trinajstić information content (AvgIpc) is 2.60. The minimum atomic E-state index is -0.539. The Morgan fingerprint density at radius 1 is 1.57 bits per heavy atom. The molecule has 2 aliphatic heterocycles. The van der Waals surface area contributed by atoms with Crippen molar-refractivity contribution in [2.45, 2.75) is 43.8 Å². The number of ether oxygens (including phenoxy) is 2. The van der Waals surface area contributed by atoms with Gasteiger partial charge in [0.25, 0.3) is 0 Å². The molecular weight excluding hydrogens is 200 g/mol. The Labute approximate surface area is 88.5 Å². The number of rotatable bonds is 4. The van der Waals surface area contributed by atoms with E-state index in [1.54, 1.807) is 0 Å². The molecule has 0 aromatic rings. The maximum Gasteiger partial charge on any atom is 0.218 e. The Hall–Kier alpha value is -0.0600. The van der Waals surface area contributed by atoms with E-state index in [4.69, 9.17) is 9.47 Å². The first-order chi connectivity index (χ1) is 6.81. The van der Waals surface area contributed by atoms with Gasteiger partial charge in [0.05, 0.1) is 12.7 Å². The van der Waals surface area contributed by atoms with Crippen LogP contribution in [0.5, 0.6) is 0 Å². The van der Waals surface area contributed by atoms with Crippen LogP contribution in [0.15, 0.2) is 0 Å². The van der Waals surface area contributed by atoms with E-state index in [2.05, 4.69) is 6.92 Å². The minimum Gasteiger partial charge on any atom is -0.343 e. The Morgan fingerprint density at radius 2 is 2.43 bits per heavy atom. The predicted octanol–water partition coefficient (Wildman–Crippen LogP) is 1.60. The lowest BCUT2D eigenvalue weighted by Gasteiger charge is -2.25. The van der Waals surface area contributed by atoms with Crippen LogP contribution in [-0.2, 0) is 14.3 Å². The van der Waals surface area contributed by atoms with Gasteiger partial charge < -0.3 is 9.47 Å². The third-order valence-corrected chi connectivity index (χ3v) is 4.04. The van der Waals surface area contributed by atoms with Crippen LogP contribution in [0, 0.1) is 0 Å². The molecule has 2 saturated heterocycles. The molecular formula is C10H16O3S. The van der Waals surface area contributed by atoms with Crippen molar-refractivity contribution in [1.29, 1.82) is 0 Å². The number of fused-ring (bicyclic) bond motifs is 2. The summed E-state index contributed by atoms with van der Waals surface area (Å²) < 4.78 is 10.7. The summed E-state index contributed by atoms with van der Waals surface area (Å²) in [5, 5.41) is 0.327. The molecule has 2 aliphatic rings. The lowest BCUT2D eigenvalue weighted by Crippen LogP contribution is -2.37. The summed E-state index contributed by atoms with van der Waals surface area (Å²) in [4.78, 5) is 11.4. The Kier molecular flexibility index (Phi) is 3.47. The molecule has 2 fully saturated rings. The van der Waals surface area contributed by atoms with E-state index in [-0.39, 0.29) is 11.9 Å². The molecule has 4 heteroatoms. The van der Waals surface area contributed by atoms with Gasteiger partial charge in [-0.2, -0.15) is 11.8 Å². The minimum absolute atomic E-state index is 0.118. The summed E-state index contributed by atoms with van der Waals surface area (Å²) in [6.07, 6.45) is 2.66. The van der Waals surface area contributed by atoms with E-state index in [9.17, 15) is 4.79 Å². The van der Waals surface area contributed by atoms with E-state index in [1.165, 1.54) is 12.8 Å². The molecule has 80 valence electrons. The number of hydrogen-bond donors (Lipinski definition) is 0. The van der Waals surface area contributed by atoms with Crippen molar-refractivity contribution < 1.29 is 14.3 Å². The van der Waals surface area contributed by atoms with Crippen molar-refractivity contribution in [1.82, 2.24) is 0 Å². The largest absolute Gasteiger partial charge is 0.343 e. The highest BCUT2D eigenvalue weighted by Crippen LogP contribution is 2.32. The zero-order valence-electron chi connectivity index (χ0n) is 8.40. The number of hydrogen-bond acceptors (Lipinski definition) is 4. The van der Waals surface area contributed by atoms with Crippen molar-refractivity contribution in [2.24, 2.45) is 0 Å². The first-order valence-electron chi connectivity index (χ1n) is 5.22. The van der Waals surface area contributed by atoms with Crippen molar-refractivity contribution >= 4 is 17.5 Å². The highest BCUT2D eigenvalue weighted by Gasteiger charge is 2.43. The van der Waals surface area contributed by atoms with Gasteiger partial charge >= 0.3 is 0 Å². The Bertz CT molecular complexity index is 219. The molecule has 0 amide bonds. The van der Waals surface area contributed by atoms with E-state index in [0.29, 0.717) is 18.3 Å². The van der Waals surface area contributed by atoms with Crippen molar-refractivity contribution in [3.8, 4) is 0 Å². The Morgan fingerprint density at radius 3 is 3.21 bits per heavy atom. The molecule has 0 spiro atoms. The fraction of sp³-hybridized carbons (Fsp3) is 0.900. The van der Waals surface area contributed by atoms with Crippen LogP contribution in [0.2, 0.25) is 0 Å². The Balaban J connectivity index is 1.83. The van der Waals surface area contributed by atoms with Crippen molar-refractivity contribution in [2.75, 3.05) is 12.4 Å². The van der Waals surface area contributed by atoms with Gasteiger partial charge in [-0.15, -0.1) is 0 Å². The van der Waals surface area contributed by atoms with Gasteiger partial charge in [0.1, 0.15) is 0 Å². The van der Waals surface area contributed by atoms with Crippen LogP contribution in [-0.4, -0.2) is 35.8 Å². The second kappa shape index (κ2) is 4.64. The van der Waals surface area contributed by atoms with Gasteiger partial charge in [0, 0.05) is 11.7 Å². The number of Topliss-reactive ketones (excluding diaryl/α,β-unsaturated/α-hetero) is 1. The van der Waals surface area contributed by atoms with E-state index >= 15 is 0 Å². The van der Waals surface area contributed by atoms with Crippen LogP contribution < -0.4 is 0 Å². The van der Waals surface area contributed by atoms with Gasteiger partial charge in [-0.25, -0.2) is 0 Å². The number of ketones is 1. The van der Waals surface area contributed by atoms with Crippen molar-refractivity contribution in [3.63, 3.8) is 0 Å². The monoisotopic (exact) mass is 216 g/mol. The summed E-state index contributed by atoms with van der Waals surface area (Å²) in [7, 11) is 0. The molecule has 0 N–H and O–H groups in total. The zero-order chi connectivity index (χ0) is 9.97. The molecule has 3 atom stereocenters. The lowest BCUT2D eigenvalue weighted by molar-refractivity contribution is -0.151. The summed E-state index contributed by atoms with van der Waals surface area (Å²) in [5.41, 5.74) is 0. The van der Waals surface area contributed by atoms with E-state index < -0.39 is 6.29 Å². The van der Waals surface area contributed by atoms with E-state index in [0.717, 1.165) is 5.75 Å². The number of carbonyl (C=O) groups is 1. The molecule has 0 unspecified atom stereocenters.